The number of nitrogens with zero attached hydrogens (tertiary/aromatic N) is 3. The highest BCUT2D eigenvalue weighted by molar-refractivity contribution is 6.30. The molecule has 0 spiro atoms. The number of aromatic amines is 1. The van der Waals surface area contributed by atoms with Crippen molar-refractivity contribution in [2.75, 3.05) is 0 Å². The fourth-order valence-corrected chi connectivity index (χ4v) is 2.69. The van der Waals surface area contributed by atoms with E-state index in [1.807, 2.05) is 12.1 Å². The molecule has 1 aromatic carbocycles. The first-order valence-electron chi connectivity index (χ1n) is 6.79. The average Bonchev–Trinajstić information content (AvgIpc) is 2.94. The van der Waals surface area contributed by atoms with Crippen molar-refractivity contribution < 1.29 is 4.39 Å². The van der Waals surface area contributed by atoms with E-state index in [4.69, 9.17) is 16.9 Å². The van der Waals surface area contributed by atoms with Crippen LogP contribution in [0.15, 0.2) is 42.7 Å². The quantitative estimate of drug-likeness (QED) is 0.563. The molecule has 3 heterocycles. The van der Waals surface area contributed by atoms with Crippen LogP contribution in [0, 0.1) is 17.1 Å². The summed E-state index contributed by atoms with van der Waals surface area (Å²) in [5.41, 5.74) is 3.27. The van der Waals surface area contributed by atoms with E-state index in [0.29, 0.717) is 16.9 Å². The molecule has 0 atom stereocenters. The number of benzene rings is 1. The zero-order valence-electron chi connectivity index (χ0n) is 11.6. The Balaban J connectivity index is 1.97. The largest absolute Gasteiger partial charge is 0.338 e. The summed E-state index contributed by atoms with van der Waals surface area (Å²) in [5.74, 6) is -0.473. The molecule has 0 amide bonds. The van der Waals surface area contributed by atoms with E-state index in [-0.39, 0.29) is 5.02 Å². The molecule has 0 bridgehead atoms. The summed E-state index contributed by atoms with van der Waals surface area (Å²) in [6.45, 7) is 0. The standard InChI is InChI=1S/C17H8ClFN4/c18-14-2-1-9(4-15(14)19)10-3-13-12-5-11(6-20)21-8-16(12)23-17(13)22-7-10/h1-5,7-8H,(H,22,23). The second kappa shape index (κ2) is 5.04. The zero-order chi connectivity index (χ0) is 16.0. The van der Waals surface area contributed by atoms with Gasteiger partial charge in [0.25, 0.3) is 0 Å². The number of halogens is 2. The maximum Gasteiger partial charge on any atom is 0.142 e. The molecule has 0 radical (unpaired) electrons. The van der Waals surface area contributed by atoms with Gasteiger partial charge in [-0.15, -0.1) is 0 Å². The molecule has 23 heavy (non-hydrogen) atoms. The number of pyridine rings is 2. The van der Waals surface area contributed by atoms with E-state index >= 15 is 0 Å². The SMILES string of the molecule is N#Cc1cc2c(cn1)[nH]c1ncc(-c3ccc(Cl)c(F)c3)cc12. The van der Waals surface area contributed by atoms with Crippen LogP contribution < -0.4 is 0 Å². The van der Waals surface area contributed by atoms with Crippen molar-refractivity contribution in [1.29, 1.82) is 5.26 Å². The molecule has 6 heteroatoms. The molecule has 0 saturated carbocycles. The normalized spacial score (nSPS) is 11.0. The first-order chi connectivity index (χ1) is 11.2. The highest BCUT2D eigenvalue weighted by Gasteiger charge is 2.10. The Labute approximate surface area is 135 Å². The molecule has 0 fully saturated rings. The summed E-state index contributed by atoms with van der Waals surface area (Å²) in [7, 11) is 0. The van der Waals surface area contributed by atoms with Gasteiger partial charge in [0.05, 0.1) is 16.7 Å². The van der Waals surface area contributed by atoms with Crippen LogP contribution in [-0.2, 0) is 0 Å². The summed E-state index contributed by atoms with van der Waals surface area (Å²) < 4.78 is 13.7. The van der Waals surface area contributed by atoms with Gasteiger partial charge in [-0.2, -0.15) is 5.26 Å². The molecule has 0 saturated heterocycles. The van der Waals surface area contributed by atoms with Gasteiger partial charge in [-0.05, 0) is 29.8 Å². The number of nitrogens with one attached hydrogen (secondary N) is 1. The molecule has 110 valence electrons. The van der Waals surface area contributed by atoms with Crippen LogP contribution in [0.4, 0.5) is 4.39 Å². The summed E-state index contributed by atoms with van der Waals surface area (Å²) in [4.78, 5) is 11.6. The molecular weight excluding hydrogens is 315 g/mol. The predicted molar refractivity (Wildman–Crippen MR) is 86.5 cm³/mol. The number of hydrogen-bond acceptors (Lipinski definition) is 3. The van der Waals surface area contributed by atoms with Crippen molar-refractivity contribution in [3.8, 4) is 17.2 Å². The lowest BCUT2D eigenvalue weighted by molar-refractivity contribution is 0.629. The van der Waals surface area contributed by atoms with E-state index in [2.05, 4.69) is 15.0 Å². The molecule has 0 unspecified atom stereocenters. The third-order valence-electron chi connectivity index (χ3n) is 3.70. The third-order valence-corrected chi connectivity index (χ3v) is 4.01. The second-order valence-electron chi connectivity index (χ2n) is 5.10. The van der Waals surface area contributed by atoms with Crippen LogP contribution in [0.1, 0.15) is 5.69 Å². The second-order valence-corrected chi connectivity index (χ2v) is 5.51. The number of hydrogen-bond donors (Lipinski definition) is 1. The first-order valence-corrected chi connectivity index (χ1v) is 7.16. The lowest BCUT2D eigenvalue weighted by atomic mass is 10.1. The van der Waals surface area contributed by atoms with Gasteiger partial charge in [0, 0.05) is 22.5 Å². The Kier molecular flexibility index (Phi) is 3.00. The number of rotatable bonds is 1. The summed E-state index contributed by atoms with van der Waals surface area (Å²) in [6, 6.07) is 10.3. The maximum absolute atomic E-state index is 13.7. The molecule has 0 aliphatic heterocycles. The monoisotopic (exact) mass is 322 g/mol. The van der Waals surface area contributed by atoms with Gasteiger partial charge in [0.1, 0.15) is 23.2 Å². The minimum Gasteiger partial charge on any atom is -0.338 e. The molecule has 4 aromatic rings. The van der Waals surface area contributed by atoms with Gasteiger partial charge in [-0.1, -0.05) is 17.7 Å². The smallest absolute Gasteiger partial charge is 0.142 e. The van der Waals surface area contributed by atoms with Crippen molar-refractivity contribution in [3.05, 3.63) is 59.3 Å². The Morgan fingerprint density at radius 3 is 2.70 bits per heavy atom. The van der Waals surface area contributed by atoms with Crippen molar-refractivity contribution in [1.82, 2.24) is 15.0 Å². The molecule has 0 aliphatic rings. The number of nitriles is 1. The van der Waals surface area contributed by atoms with Crippen LogP contribution in [0.25, 0.3) is 33.1 Å². The molecular formula is C17H8ClFN4. The van der Waals surface area contributed by atoms with Crippen LogP contribution in [0.3, 0.4) is 0 Å². The summed E-state index contributed by atoms with van der Waals surface area (Å²) in [6.07, 6.45) is 3.27. The Morgan fingerprint density at radius 1 is 1.04 bits per heavy atom. The molecule has 0 aliphatic carbocycles. The average molecular weight is 323 g/mol. The highest BCUT2D eigenvalue weighted by atomic mass is 35.5. The minimum atomic E-state index is -0.473. The molecule has 1 N–H and O–H groups in total. The summed E-state index contributed by atoms with van der Waals surface area (Å²) in [5, 5.41) is 10.8. The minimum absolute atomic E-state index is 0.0830. The van der Waals surface area contributed by atoms with E-state index < -0.39 is 5.82 Å². The lowest BCUT2D eigenvalue weighted by Crippen LogP contribution is -1.84. The van der Waals surface area contributed by atoms with Crippen molar-refractivity contribution in [2.24, 2.45) is 0 Å². The van der Waals surface area contributed by atoms with E-state index in [1.54, 1.807) is 24.5 Å². The maximum atomic E-state index is 13.7. The highest BCUT2D eigenvalue weighted by Crippen LogP contribution is 2.30. The summed E-state index contributed by atoms with van der Waals surface area (Å²) >= 11 is 5.72. The first kappa shape index (κ1) is 13.7. The van der Waals surface area contributed by atoms with Crippen LogP contribution in [0.2, 0.25) is 5.02 Å². The molecule has 3 aromatic heterocycles. The van der Waals surface area contributed by atoms with Crippen molar-refractivity contribution >= 4 is 33.5 Å². The number of H-pyrrole nitrogens is 1. The lowest BCUT2D eigenvalue weighted by Gasteiger charge is -2.03. The van der Waals surface area contributed by atoms with Gasteiger partial charge in [-0.25, -0.2) is 14.4 Å². The fraction of sp³-hybridized carbons (Fsp3) is 0. The van der Waals surface area contributed by atoms with Crippen LogP contribution in [-0.4, -0.2) is 15.0 Å². The number of aromatic nitrogens is 3. The van der Waals surface area contributed by atoms with Crippen LogP contribution in [0.5, 0.6) is 0 Å². The van der Waals surface area contributed by atoms with Gasteiger partial charge in [-0.3, -0.25) is 0 Å². The van der Waals surface area contributed by atoms with E-state index in [1.165, 1.54) is 12.1 Å². The van der Waals surface area contributed by atoms with Gasteiger partial charge < -0.3 is 4.98 Å². The van der Waals surface area contributed by atoms with Crippen LogP contribution >= 0.6 is 11.6 Å². The van der Waals surface area contributed by atoms with E-state index in [0.717, 1.165) is 21.9 Å². The Morgan fingerprint density at radius 2 is 1.91 bits per heavy atom. The topological polar surface area (TPSA) is 65.4 Å². The molecule has 4 rings (SSSR count). The Hall–Kier alpha value is -2.97. The Bertz CT molecular complexity index is 1110. The third kappa shape index (κ3) is 2.20. The predicted octanol–water partition coefficient (Wildman–Crippen LogP) is 4.44. The fourth-order valence-electron chi connectivity index (χ4n) is 2.57. The molecule has 4 nitrogen and oxygen atoms in total. The zero-order valence-corrected chi connectivity index (χ0v) is 12.4. The van der Waals surface area contributed by atoms with Gasteiger partial charge in [0.15, 0.2) is 0 Å². The number of fused-ring (bicyclic) bond motifs is 3. The van der Waals surface area contributed by atoms with E-state index in [9.17, 15) is 4.39 Å². The van der Waals surface area contributed by atoms with Gasteiger partial charge >= 0.3 is 0 Å². The van der Waals surface area contributed by atoms with Crippen molar-refractivity contribution in [2.45, 2.75) is 0 Å². The van der Waals surface area contributed by atoms with Crippen molar-refractivity contribution in [3.63, 3.8) is 0 Å². The van der Waals surface area contributed by atoms with Gasteiger partial charge in [0.2, 0.25) is 0 Å².